The predicted octanol–water partition coefficient (Wildman–Crippen LogP) is 4.02. The molecule has 0 amide bonds. The van der Waals surface area contributed by atoms with E-state index in [1.807, 2.05) is 13.0 Å². The van der Waals surface area contributed by atoms with Gasteiger partial charge >= 0.3 is 0 Å². The van der Waals surface area contributed by atoms with Gasteiger partial charge in [0.1, 0.15) is 0 Å². The van der Waals surface area contributed by atoms with Crippen LogP contribution in [-0.2, 0) is 6.54 Å². The van der Waals surface area contributed by atoms with Gasteiger partial charge in [-0.15, -0.1) is 0 Å². The smallest absolute Gasteiger partial charge is 0.159 e. The molecule has 0 unspecified atom stereocenters. The van der Waals surface area contributed by atoms with E-state index in [1.165, 1.54) is 5.56 Å². The van der Waals surface area contributed by atoms with Gasteiger partial charge in [0.05, 0.1) is 5.69 Å². The zero-order valence-electron chi connectivity index (χ0n) is 12.2. The first kappa shape index (κ1) is 15.1. The van der Waals surface area contributed by atoms with Gasteiger partial charge in [-0.25, -0.2) is 9.97 Å². The van der Waals surface area contributed by atoms with Crippen molar-refractivity contribution in [2.45, 2.75) is 33.7 Å². The van der Waals surface area contributed by atoms with Crippen LogP contribution >= 0.6 is 15.9 Å². The number of hydrogen-bond donors (Lipinski definition) is 1. The number of aromatic nitrogens is 2. The van der Waals surface area contributed by atoms with Crippen LogP contribution in [0.15, 0.2) is 28.7 Å². The maximum Gasteiger partial charge on any atom is 0.159 e. The highest BCUT2D eigenvalue weighted by Crippen LogP contribution is 2.23. The van der Waals surface area contributed by atoms with E-state index in [1.54, 1.807) is 0 Å². The molecular weight excluding hydrogens is 314 g/mol. The molecule has 3 nitrogen and oxygen atoms in total. The molecule has 0 bridgehead atoms. The summed E-state index contributed by atoms with van der Waals surface area (Å²) >= 11 is 3.56. The van der Waals surface area contributed by atoms with Crippen molar-refractivity contribution in [3.63, 3.8) is 0 Å². The Labute approximate surface area is 129 Å². The Morgan fingerprint density at radius 2 is 1.95 bits per heavy atom. The molecule has 1 N–H and O–H groups in total. The molecule has 2 rings (SSSR count). The molecular formula is C16H20BrN3. The quantitative estimate of drug-likeness (QED) is 0.839. The largest absolute Gasteiger partial charge is 0.311 e. The molecule has 1 aromatic heterocycles. The summed E-state index contributed by atoms with van der Waals surface area (Å²) in [7, 11) is 0. The Hall–Kier alpha value is -1.26. The minimum atomic E-state index is 0.789. The maximum atomic E-state index is 4.65. The SMILES string of the molecule is CCCNCc1cc(C)nc(-c2ccc(C)c(Br)c2)n1. The molecule has 0 fully saturated rings. The first-order valence-electron chi connectivity index (χ1n) is 6.92. The molecule has 0 saturated carbocycles. The van der Waals surface area contributed by atoms with Gasteiger partial charge in [-0.05, 0) is 44.5 Å². The van der Waals surface area contributed by atoms with Crippen LogP contribution in [-0.4, -0.2) is 16.5 Å². The van der Waals surface area contributed by atoms with E-state index < -0.39 is 0 Å². The Balaban J connectivity index is 2.28. The summed E-state index contributed by atoms with van der Waals surface area (Å²) in [5, 5.41) is 3.38. The van der Waals surface area contributed by atoms with Gasteiger partial charge < -0.3 is 5.32 Å². The summed E-state index contributed by atoms with van der Waals surface area (Å²) in [6.45, 7) is 8.04. The fraction of sp³-hybridized carbons (Fsp3) is 0.375. The van der Waals surface area contributed by atoms with Crippen molar-refractivity contribution < 1.29 is 0 Å². The van der Waals surface area contributed by atoms with E-state index in [4.69, 9.17) is 0 Å². The third-order valence-corrected chi connectivity index (χ3v) is 3.92. The summed E-state index contributed by atoms with van der Waals surface area (Å²) < 4.78 is 1.09. The first-order chi connectivity index (χ1) is 9.60. The van der Waals surface area contributed by atoms with E-state index in [0.29, 0.717) is 0 Å². The molecule has 0 aliphatic heterocycles. The second-order valence-corrected chi connectivity index (χ2v) is 5.82. The third-order valence-electron chi connectivity index (χ3n) is 3.07. The highest BCUT2D eigenvalue weighted by atomic mass is 79.9. The Morgan fingerprint density at radius 1 is 1.15 bits per heavy atom. The van der Waals surface area contributed by atoms with Crippen molar-refractivity contribution in [3.8, 4) is 11.4 Å². The standard InChI is InChI=1S/C16H20BrN3/c1-4-7-18-10-14-8-12(3)19-16(20-14)13-6-5-11(2)15(17)9-13/h5-6,8-9,18H,4,7,10H2,1-3H3. The topological polar surface area (TPSA) is 37.8 Å². The number of hydrogen-bond acceptors (Lipinski definition) is 3. The zero-order valence-corrected chi connectivity index (χ0v) is 13.8. The summed E-state index contributed by atoms with van der Waals surface area (Å²) in [6.07, 6.45) is 1.13. The lowest BCUT2D eigenvalue weighted by Crippen LogP contribution is -2.15. The van der Waals surface area contributed by atoms with Crippen LogP contribution in [0.25, 0.3) is 11.4 Å². The second kappa shape index (κ2) is 6.95. The second-order valence-electron chi connectivity index (χ2n) is 4.97. The van der Waals surface area contributed by atoms with E-state index in [0.717, 1.165) is 46.8 Å². The normalized spacial score (nSPS) is 10.8. The summed E-state index contributed by atoms with van der Waals surface area (Å²) in [6, 6.07) is 8.26. The van der Waals surface area contributed by atoms with Gasteiger partial charge in [-0.2, -0.15) is 0 Å². The average molecular weight is 334 g/mol. The van der Waals surface area contributed by atoms with E-state index in [9.17, 15) is 0 Å². The Morgan fingerprint density at radius 3 is 2.65 bits per heavy atom. The van der Waals surface area contributed by atoms with Crippen LogP contribution in [0, 0.1) is 13.8 Å². The minimum Gasteiger partial charge on any atom is -0.311 e. The van der Waals surface area contributed by atoms with Crippen molar-refractivity contribution in [2.24, 2.45) is 0 Å². The van der Waals surface area contributed by atoms with Crippen molar-refractivity contribution in [1.82, 2.24) is 15.3 Å². The van der Waals surface area contributed by atoms with Gasteiger partial charge in [0.2, 0.25) is 0 Å². The fourth-order valence-electron chi connectivity index (χ4n) is 1.98. The number of nitrogens with one attached hydrogen (secondary N) is 1. The van der Waals surface area contributed by atoms with E-state index in [-0.39, 0.29) is 0 Å². The number of rotatable bonds is 5. The number of benzene rings is 1. The van der Waals surface area contributed by atoms with Gasteiger partial charge in [0.15, 0.2) is 5.82 Å². The van der Waals surface area contributed by atoms with Crippen molar-refractivity contribution in [2.75, 3.05) is 6.54 Å². The molecule has 1 aromatic carbocycles. The molecule has 2 aromatic rings. The van der Waals surface area contributed by atoms with Crippen LogP contribution in [0.3, 0.4) is 0 Å². The highest BCUT2D eigenvalue weighted by Gasteiger charge is 2.06. The monoisotopic (exact) mass is 333 g/mol. The Kier molecular flexibility index (Phi) is 5.26. The Bertz CT molecular complexity index is 596. The first-order valence-corrected chi connectivity index (χ1v) is 7.71. The number of nitrogens with zero attached hydrogens (tertiary/aromatic N) is 2. The molecule has 0 aliphatic rings. The number of halogens is 1. The molecule has 0 atom stereocenters. The molecule has 106 valence electrons. The fourth-order valence-corrected chi connectivity index (χ4v) is 2.36. The van der Waals surface area contributed by atoms with Crippen LogP contribution in [0.4, 0.5) is 0 Å². The average Bonchev–Trinajstić information content (AvgIpc) is 2.41. The molecule has 20 heavy (non-hydrogen) atoms. The summed E-state index contributed by atoms with van der Waals surface area (Å²) in [5.74, 6) is 0.791. The molecule has 4 heteroatoms. The van der Waals surface area contributed by atoms with Crippen LogP contribution in [0.5, 0.6) is 0 Å². The van der Waals surface area contributed by atoms with Gasteiger partial charge in [0.25, 0.3) is 0 Å². The van der Waals surface area contributed by atoms with Crippen LogP contribution in [0.1, 0.15) is 30.3 Å². The lowest BCUT2D eigenvalue weighted by atomic mass is 10.1. The van der Waals surface area contributed by atoms with E-state index >= 15 is 0 Å². The van der Waals surface area contributed by atoms with Crippen LogP contribution < -0.4 is 5.32 Å². The van der Waals surface area contributed by atoms with Crippen molar-refractivity contribution >= 4 is 15.9 Å². The van der Waals surface area contributed by atoms with Crippen molar-refractivity contribution in [3.05, 3.63) is 45.7 Å². The van der Waals surface area contributed by atoms with Crippen LogP contribution in [0.2, 0.25) is 0 Å². The molecule has 0 saturated heterocycles. The zero-order chi connectivity index (χ0) is 14.5. The maximum absolute atomic E-state index is 4.65. The summed E-state index contributed by atoms with van der Waals surface area (Å²) in [4.78, 5) is 9.20. The van der Waals surface area contributed by atoms with Crippen molar-refractivity contribution in [1.29, 1.82) is 0 Å². The molecule has 1 heterocycles. The lowest BCUT2D eigenvalue weighted by molar-refractivity contribution is 0.662. The van der Waals surface area contributed by atoms with E-state index in [2.05, 4.69) is 63.3 Å². The highest BCUT2D eigenvalue weighted by molar-refractivity contribution is 9.10. The minimum absolute atomic E-state index is 0.789. The molecule has 0 spiro atoms. The van der Waals surface area contributed by atoms with Gasteiger partial charge in [0, 0.05) is 22.3 Å². The molecule has 0 radical (unpaired) electrons. The third kappa shape index (κ3) is 3.87. The molecule has 0 aliphatic carbocycles. The predicted molar refractivity (Wildman–Crippen MR) is 86.6 cm³/mol. The van der Waals surface area contributed by atoms with Gasteiger partial charge in [-0.3, -0.25) is 0 Å². The summed E-state index contributed by atoms with van der Waals surface area (Å²) in [5.41, 5.74) is 4.30. The lowest BCUT2D eigenvalue weighted by Gasteiger charge is -2.08. The van der Waals surface area contributed by atoms with Gasteiger partial charge in [-0.1, -0.05) is 35.0 Å². The number of aryl methyl sites for hydroxylation is 2.